The highest BCUT2D eigenvalue weighted by molar-refractivity contribution is 7.99. The Bertz CT molecular complexity index is 734. The third kappa shape index (κ3) is 5.62. The number of amides is 1. The Morgan fingerprint density at radius 1 is 1.15 bits per heavy atom. The fourth-order valence-corrected chi connectivity index (χ4v) is 6.60. The van der Waals surface area contributed by atoms with Crippen LogP contribution in [0.1, 0.15) is 38.5 Å². The van der Waals surface area contributed by atoms with E-state index in [0.717, 1.165) is 17.4 Å². The maximum Gasteiger partial charge on any atom is 0.243 e. The molecule has 0 radical (unpaired) electrons. The van der Waals surface area contributed by atoms with E-state index in [0.29, 0.717) is 24.5 Å². The minimum Gasteiger partial charge on any atom is -0.355 e. The number of nitrogens with zero attached hydrogens (tertiary/aromatic N) is 1. The summed E-state index contributed by atoms with van der Waals surface area (Å²) in [6, 6.07) is 6.18. The van der Waals surface area contributed by atoms with E-state index >= 15 is 0 Å². The van der Waals surface area contributed by atoms with Crippen molar-refractivity contribution in [2.24, 2.45) is 5.92 Å². The summed E-state index contributed by atoms with van der Waals surface area (Å²) in [5.41, 5.74) is 0. The van der Waals surface area contributed by atoms with Gasteiger partial charge in [-0.15, -0.1) is 0 Å². The van der Waals surface area contributed by atoms with Gasteiger partial charge in [0.2, 0.25) is 15.9 Å². The number of carbonyl (C=O) groups excluding carboxylic acids is 1. The Kier molecular flexibility index (Phi) is 7.48. The van der Waals surface area contributed by atoms with Crippen LogP contribution in [-0.2, 0) is 14.8 Å². The molecule has 8 heteroatoms. The summed E-state index contributed by atoms with van der Waals surface area (Å²) < 4.78 is 27.1. The first-order valence-electron chi connectivity index (χ1n) is 9.62. The van der Waals surface area contributed by atoms with Crippen LogP contribution in [0.3, 0.4) is 0 Å². The van der Waals surface area contributed by atoms with Gasteiger partial charge < -0.3 is 5.32 Å². The second-order valence-electron chi connectivity index (χ2n) is 7.22. The van der Waals surface area contributed by atoms with Gasteiger partial charge >= 0.3 is 0 Å². The van der Waals surface area contributed by atoms with Gasteiger partial charge in [0.05, 0.1) is 10.8 Å². The highest BCUT2D eigenvalue weighted by Crippen LogP contribution is 2.29. The Morgan fingerprint density at radius 2 is 1.85 bits per heavy atom. The largest absolute Gasteiger partial charge is 0.355 e. The van der Waals surface area contributed by atoms with Crippen molar-refractivity contribution in [3.05, 3.63) is 29.3 Å². The standard InChI is InChI=1S/C19H27ClN2O3S2/c20-16-7-9-18(10-8-16)27(24,25)22-12-3-4-15(14-22)19(23)21-11-13-26-17-5-1-2-6-17/h7-10,15,17H,1-6,11-14H2,(H,21,23)/t15-/m1/s1. The molecule has 27 heavy (non-hydrogen) atoms. The van der Waals surface area contributed by atoms with E-state index in [-0.39, 0.29) is 23.3 Å². The Hall–Kier alpha value is -0.760. The van der Waals surface area contributed by atoms with Gasteiger partial charge in [0.1, 0.15) is 0 Å². The van der Waals surface area contributed by atoms with Crippen molar-refractivity contribution in [3.63, 3.8) is 0 Å². The quantitative estimate of drug-likeness (QED) is 0.672. The van der Waals surface area contributed by atoms with E-state index in [9.17, 15) is 13.2 Å². The van der Waals surface area contributed by atoms with Crippen molar-refractivity contribution in [1.82, 2.24) is 9.62 Å². The lowest BCUT2D eigenvalue weighted by molar-refractivity contribution is -0.125. The monoisotopic (exact) mass is 430 g/mol. The van der Waals surface area contributed by atoms with Crippen LogP contribution < -0.4 is 5.32 Å². The third-order valence-electron chi connectivity index (χ3n) is 5.26. The van der Waals surface area contributed by atoms with Crippen LogP contribution in [0, 0.1) is 5.92 Å². The van der Waals surface area contributed by atoms with E-state index in [4.69, 9.17) is 11.6 Å². The SMILES string of the molecule is O=C(NCCSC1CCCC1)[C@@H]1CCCN(S(=O)(=O)c2ccc(Cl)cc2)C1. The van der Waals surface area contributed by atoms with Crippen LogP contribution >= 0.6 is 23.4 Å². The smallest absolute Gasteiger partial charge is 0.243 e. The van der Waals surface area contributed by atoms with Crippen molar-refractivity contribution in [1.29, 1.82) is 0 Å². The van der Waals surface area contributed by atoms with Crippen molar-refractivity contribution >= 4 is 39.3 Å². The summed E-state index contributed by atoms with van der Waals surface area (Å²) >= 11 is 7.80. The molecule has 1 aliphatic carbocycles. The number of thioether (sulfide) groups is 1. The molecule has 1 aromatic rings. The molecular formula is C19H27ClN2O3S2. The average molecular weight is 431 g/mol. The molecule has 0 unspecified atom stereocenters. The van der Waals surface area contributed by atoms with E-state index in [2.05, 4.69) is 5.32 Å². The van der Waals surface area contributed by atoms with Crippen molar-refractivity contribution in [3.8, 4) is 0 Å². The van der Waals surface area contributed by atoms with Crippen LogP contribution in [0.25, 0.3) is 0 Å². The number of piperidine rings is 1. The molecule has 2 aliphatic rings. The number of benzene rings is 1. The molecule has 0 bridgehead atoms. The summed E-state index contributed by atoms with van der Waals surface area (Å²) in [6.45, 7) is 1.35. The number of hydrogen-bond acceptors (Lipinski definition) is 4. The number of halogens is 1. The second-order valence-corrected chi connectivity index (χ2v) is 11.0. The zero-order valence-electron chi connectivity index (χ0n) is 15.4. The van der Waals surface area contributed by atoms with Crippen LogP contribution in [0.5, 0.6) is 0 Å². The topological polar surface area (TPSA) is 66.5 Å². The normalized spacial score (nSPS) is 22.0. The maximum absolute atomic E-state index is 12.8. The zero-order valence-corrected chi connectivity index (χ0v) is 17.8. The number of carbonyl (C=O) groups is 1. The van der Waals surface area contributed by atoms with Gasteiger partial charge in [-0.05, 0) is 49.9 Å². The summed E-state index contributed by atoms with van der Waals surface area (Å²) in [6.07, 6.45) is 6.65. The van der Waals surface area contributed by atoms with Gasteiger partial charge in [0.15, 0.2) is 0 Å². The lowest BCUT2D eigenvalue weighted by Gasteiger charge is -2.31. The molecule has 1 amide bonds. The van der Waals surface area contributed by atoms with Crippen LogP contribution in [0.15, 0.2) is 29.2 Å². The lowest BCUT2D eigenvalue weighted by Crippen LogP contribution is -2.45. The second kappa shape index (κ2) is 9.63. The Morgan fingerprint density at radius 3 is 2.56 bits per heavy atom. The molecule has 0 spiro atoms. The molecule has 150 valence electrons. The van der Waals surface area contributed by atoms with Crippen LogP contribution in [0.4, 0.5) is 0 Å². The first kappa shape index (κ1) is 21.0. The summed E-state index contributed by atoms with van der Waals surface area (Å²) in [5, 5.41) is 4.24. The molecule has 1 aliphatic heterocycles. The van der Waals surface area contributed by atoms with Gasteiger partial charge in [0, 0.05) is 35.7 Å². The molecule has 2 fully saturated rings. The maximum atomic E-state index is 12.8. The lowest BCUT2D eigenvalue weighted by atomic mass is 9.99. The van der Waals surface area contributed by atoms with E-state index < -0.39 is 10.0 Å². The third-order valence-corrected chi connectivity index (χ3v) is 8.78. The zero-order chi connectivity index (χ0) is 19.3. The molecule has 1 saturated carbocycles. The molecule has 1 atom stereocenters. The van der Waals surface area contributed by atoms with Crippen molar-refractivity contribution in [2.75, 3.05) is 25.4 Å². The highest BCUT2D eigenvalue weighted by atomic mass is 35.5. The van der Waals surface area contributed by atoms with Crippen molar-refractivity contribution in [2.45, 2.75) is 48.7 Å². The molecule has 1 saturated heterocycles. The molecular weight excluding hydrogens is 404 g/mol. The summed E-state index contributed by atoms with van der Waals surface area (Å²) in [4.78, 5) is 12.7. The predicted octanol–water partition coefficient (Wildman–Crippen LogP) is 3.53. The van der Waals surface area contributed by atoms with E-state index in [1.165, 1.54) is 42.1 Å². The summed E-state index contributed by atoms with van der Waals surface area (Å²) in [5.74, 6) is 0.617. The fourth-order valence-electron chi connectivity index (χ4n) is 3.73. The first-order chi connectivity index (χ1) is 13.0. The van der Waals surface area contributed by atoms with Gasteiger partial charge in [0.25, 0.3) is 0 Å². The van der Waals surface area contributed by atoms with E-state index in [1.54, 1.807) is 12.1 Å². The molecule has 0 aromatic heterocycles. The molecule has 5 nitrogen and oxygen atoms in total. The van der Waals surface area contributed by atoms with Gasteiger partial charge in [-0.1, -0.05) is 24.4 Å². The number of nitrogens with one attached hydrogen (secondary N) is 1. The van der Waals surface area contributed by atoms with Gasteiger partial charge in [-0.3, -0.25) is 4.79 Å². The average Bonchev–Trinajstić information content (AvgIpc) is 3.19. The molecule has 3 rings (SSSR count). The highest BCUT2D eigenvalue weighted by Gasteiger charge is 2.33. The number of sulfonamides is 1. The van der Waals surface area contributed by atoms with Crippen molar-refractivity contribution < 1.29 is 13.2 Å². The minimum absolute atomic E-state index is 0.0296. The molecule has 1 aromatic carbocycles. The van der Waals surface area contributed by atoms with Crippen LogP contribution in [0.2, 0.25) is 5.02 Å². The Balaban J connectivity index is 1.50. The molecule has 1 N–H and O–H groups in total. The minimum atomic E-state index is -3.59. The van der Waals surface area contributed by atoms with Gasteiger partial charge in [-0.25, -0.2) is 8.42 Å². The Labute approximate surface area is 171 Å². The predicted molar refractivity (Wildman–Crippen MR) is 111 cm³/mol. The number of rotatable bonds is 7. The fraction of sp³-hybridized carbons (Fsp3) is 0.632. The first-order valence-corrected chi connectivity index (χ1v) is 12.5. The van der Waals surface area contributed by atoms with E-state index in [1.807, 2.05) is 11.8 Å². The number of hydrogen-bond donors (Lipinski definition) is 1. The molecule has 1 heterocycles. The summed E-state index contributed by atoms with van der Waals surface area (Å²) in [7, 11) is -3.59. The van der Waals surface area contributed by atoms with Crippen LogP contribution in [-0.4, -0.2) is 49.3 Å². The van der Waals surface area contributed by atoms with Gasteiger partial charge in [-0.2, -0.15) is 16.1 Å².